The fourth-order valence-corrected chi connectivity index (χ4v) is 3.62. The molecule has 2 aliphatic rings. The number of likely N-dealkylation sites (tertiary alicyclic amines) is 1. The lowest BCUT2D eigenvalue weighted by Gasteiger charge is -2.37. The van der Waals surface area contributed by atoms with Crippen LogP contribution in [0.1, 0.15) is 28.8 Å². The molecule has 7 nitrogen and oxygen atoms in total. The van der Waals surface area contributed by atoms with Gasteiger partial charge in [0.25, 0.3) is 5.91 Å². The summed E-state index contributed by atoms with van der Waals surface area (Å²) in [5.74, 6) is 0.347. The van der Waals surface area contributed by atoms with Crippen LogP contribution in [0.3, 0.4) is 0 Å². The molecule has 0 atom stereocenters. The van der Waals surface area contributed by atoms with Gasteiger partial charge in [0.15, 0.2) is 5.79 Å². The van der Waals surface area contributed by atoms with Crippen molar-refractivity contribution >= 4 is 11.6 Å². The zero-order valence-electron chi connectivity index (χ0n) is 16.0. The van der Waals surface area contributed by atoms with Crippen LogP contribution in [0.25, 0.3) is 0 Å². The van der Waals surface area contributed by atoms with Gasteiger partial charge in [0.2, 0.25) is 0 Å². The Morgan fingerprint density at radius 1 is 1.18 bits per heavy atom. The molecule has 3 heterocycles. The number of pyridine rings is 1. The van der Waals surface area contributed by atoms with Gasteiger partial charge in [-0.3, -0.25) is 9.78 Å². The molecule has 0 bridgehead atoms. The Hall–Kier alpha value is -2.64. The Bertz CT molecular complexity index is 809. The number of anilines is 1. The first kappa shape index (κ1) is 18.7. The van der Waals surface area contributed by atoms with Crippen molar-refractivity contribution in [1.29, 1.82) is 0 Å². The topological polar surface area (TPSA) is 72.9 Å². The Labute approximate surface area is 164 Å². The third-order valence-electron chi connectivity index (χ3n) is 5.27. The van der Waals surface area contributed by atoms with Crippen molar-refractivity contribution in [2.75, 3.05) is 38.7 Å². The molecule has 1 amide bonds. The predicted octanol–water partition coefficient (Wildman–Crippen LogP) is 2.68. The Morgan fingerprint density at radius 2 is 1.89 bits per heavy atom. The van der Waals surface area contributed by atoms with E-state index in [2.05, 4.69) is 10.3 Å². The van der Waals surface area contributed by atoms with Crippen molar-refractivity contribution in [1.82, 2.24) is 9.88 Å². The van der Waals surface area contributed by atoms with Crippen molar-refractivity contribution in [3.8, 4) is 5.75 Å². The number of hydrogen-bond acceptors (Lipinski definition) is 6. The minimum atomic E-state index is -0.475. The van der Waals surface area contributed by atoms with Gasteiger partial charge in [0.05, 0.1) is 31.6 Å². The molecule has 2 saturated heterocycles. The average molecular weight is 383 g/mol. The second-order valence-corrected chi connectivity index (χ2v) is 7.06. The van der Waals surface area contributed by atoms with E-state index in [9.17, 15) is 4.79 Å². The summed E-state index contributed by atoms with van der Waals surface area (Å²) in [6.07, 6.45) is 4.77. The van der Waals surface area contributed by atoms with Crippen LogP contribution in [0, 0.1) is 0 Å². The minimum absolute atomic E-state index is 0.00607. The Balaban J connectivity index is 1.35. The first-order chi connectivity index (χ1) is 13.7. The molecule has 1 aromatic heterocycles. The summed E-state index contributed by atoms with van der Waals surface area (Å²) in [5, 5.41) is 3.32. The number of piperidine rings is 1. The summed E-state index contributed by atoms with van der Waals surface area (Å²) in [5.41, 5.74) is 2.52. The maximum absolute atomic E-state index is 12.9. The number of rotatable bonds is 5. The standard InChI is InChI=1S/C21H25N3O4/c1-26-19-4-2-16(3-5-19)13-23-18-12-17(14-22-15-18)20(25)24-8-6-21(7-9-24)27-10-11-28-21/h2-5,12,14-15,23H,6-11,13H2,1H3. The molecule has 2 aromatic rings. The van der Waals surface area contributed by atoms with Gasteiger partial charge in [-0.1, -0.05) is 12.1 Å². The van der Waals surface area contributed by atoms with Crippen LogP contribution in [-0.4, -0.2) is 55.0 Å². The number of benzene rings is 1. The second kappa shape index (κ2) is 8.16. The predicted molar refractivity (Wildman–Crippen MR) is 104 cm³/mol. The SMILES string of the molecule is COc1ccc(CNc2cncc(C(=O)N3CCC4(CC3)OCCO4)c2)cc1. The van der Waals surface area contributed by atoms with Gasteiger partial charge in [-0.2, -0.15) is 0 Å². The molecule has 1 N–H and O–H groups in total. The van der Waals surface area contributed by atoms with E-state index in [0.29, 0.717) is 51.3 Å². The normalized spacial score (nSPS) is 18.2. The molecule has 148 valence electrons. The molecule has 2 aliphatic heterocycles. The second-order valence-electron chi connectivity index (χ2n) is 7.06. The lowest BCUT2D eigenvalue weighted by Crippen LogP contribution is -2.47. The molecule has 0 unspecified atom stereocenters. The van der Waals surface area contributed by atoms with Gasteiger partial charge in [0, 0.05) is 44.9 Å². The summed E-state index contributed by atoms with van der Waals surface area (Å²) >= 11 is 0. The monoisotopic (exact) mass is 383 g/mol. The maximum atomic E-state index is 12.9. The highest BCUT2D eigenvalue weighted by molar-refractivity contribution is 5.94. The molecule has 4 rings (SSSR count). The maximum Gasteiger partial charge on any atom is 0.255 e. The number of ether oxygens (including phenoxy) is 3. The van der Waals surface area contributed by atoms with Crippen LogP contribution in [-0.2, 0) is 16.0 Å². The Kier molecular flexibility index (Phi) is 5.45. The smallest absolute Gasteiger partial charge is 0.255 e. The zero-order chi connectivity index (χ0) is 19.4. The zero-order valence-corrected chi connectivity index (χ0v) is 16.0. The summed E-state index contributed by atoms with van der Waals surface area (Å²) in [4.78, 5) is 18.9. The van der Waals surface area contributed by atoms with Crippen LogP contribution in [0.5, 0.6) is 5.75 Å². The van der Waals surface area contributed by atoms with Crippen molar-refractivity contribution in [2.45, 2.75) is 25.2 Å². The molecule has 28 heavy (non-hydrogen) atoms. The van der Waals surface area contributed by atoms with Gasteiger partial charge >= 0.3 is 0 Å². The van der Waals surface area contributed by atoms with Gasteiger partial charge in [-0.15, -0.1) is 0 Å². The molecule has 0 saturated carbocycles. The van der Waals surface area contributed by atoms with Crippen LogP contribution in [0.2, 0.25) is 0 Å². The molecule has 2 fully saturated rings. The summed E-state index contributed by atoms with van der Waals surface area (Å²) < 4.78 is 16.6. The van der Waals surface area contributed by atoms with Crippen molar-refractivity contribution in [3.05, 3.63) is 53.9 Å². The highest BCUT2D eigenvalue weighted by Crippen LogP contribution is 2.31. The van der Waals surface area contributed by atoms with E-state index in [1.807, 2.05) is 35.2 Å². The molecule has 0 radical (unpaired) electrons. The fourth-order valence-electron chi connectivity index (χ4n) is 3.62. The summed E-state index contributed by atoms with van der Waals surface area (Å²) in [7, 11) is 1.65. The number of hydrogen-bond donors (Lipinski definition) is 1. The highest BCUT2D eigenvalue weighted by Gasteiger charge is 2.40. The lowest BCUT2D eigenvalue weighted by atomic mass is 10.0. The summed E-state index contributed by atoms with van der Waals surface area (Å²) in [6.45, 7) is 3.18. The number of amides is 1. The van der Waals surface area contributed by atoms with Gasteiger partial charge < -0.3 is 24.4 Å². The van der Waals surface area contributed by atoms with Gasteiger partial charge in [0.1, 0.15) is 5.75 Å². The van der Waals surface area contributed by atoms with Crippen LogP contribution in [0.4, 0.5) is 5.69 Å². The highest BCUT2D eigenvalue weighted by atomic mass is 16.7. The van der Waals surface area contributed by atoms with Crippen LogP contribution in [0.15, 0.2) is 42.7 Å². The number of carbonyl (C=O) groups is 1. The van der Waals surface area contributed by atoms with E-state index in [-0.39, 0.29) is 5.91 Å². The molecule has 0 aliphatic carbocycles. The number of nitrogens with zero attached hydrogens (tertiary/aromatic N) is 2. The first-order valence-corrected chi connectivity index (χ1v) is 9.56. The number of aromatic nitrogens is 1. The molecule has 1 aromatic carbocycles. The van der Waals surface area contributed by atoms with Crippen molar-refractivity contribution in [3.63, 3.8) is 0 Å². The number of carbonyl (C=O) groups excluding carboxylic acids is 1. The molecular formula is C21H25N3O4. The van der Waals surface area contributed by atoms with E-state index >= 15 is 0 Å². The van der Waals surface area contributed by atoms with E-state index in [1.54, 1.807) is 19.5 Å². The quantitative estimate of drug-likeness (QED) is 0.856. The Morgan fingerprint density at radius 3 is 2.57 bits per heavy atom. The largest absolute Gasteiger partial charge is 0.497 e. The van der Waals surface area contributed by atoms with E-state index in [1.165, 1.54) is 0 Å². The fraction of sp³-hybridized carbons (Fsp3) is 0.429. The van der Waals surface area contributed by atoms with Crippen LogP contribution < -0.4 is 10.1 Å². The van der Waals surface area contributed by atoms with Crippen molar-refractivity contribution in [2.24, 2.45) is 0 Å². The third kappa shape index (κ3) is 4.10. The molecular weight excluding hydrogens is 358 g/mol. The van der Waals surface area contributed by atoms with E-state index in [4.69, 9.17) is 14.2 Å². The number of nitrogens with one attached hydrogen (secondary N) is 1. The molecule has 7 heteroatoms. The van der Waals surface area contributed by atoms with Gasteiger partial charge in [-0.05, 0) is 23.8 Å². The van der Waals surface area contributed by atoms with E-state index < -0.39 is 5.79 Å². The first-order valence-electron chi connectivity index (χ1n) is 9.56. The third-order valence-corrected chi connectivity index (χ3v) is 5.27. The minimum Gasteiger partial charge on any atom is -0.497 e. The van der Waals surface area contributed by atoms with Crippen LogP contribution >= 0.6 is 0 Å². The van der Waals surface area contributed by atoms with Crippen molar-refractivity contribution < 1.29 is 19.0 Å². The molecule has 1 spiro atoms. The van der Waals surface area contributed by atoms with E-state index in [0.717, 1.165) is 17.0 Å². The number of methoxy groups -OCH3 is 1. The lowest BCUT2D eigenvalue weighted by molar-refractivity contribution is -0.181. The average Bonchev–Trinajstić information content (AvgIpc) is 3.21. The summed E-state index contributed by atoms with van der Waals surface area (Å²) in [6, 6.07) is 9.72. The van der Waals surface area contributed by atoms with Gasteiger partial charge in [-0.25, -0.2) is 0 Å².